The molecule has 1 fully saturated rings. The summed E-state index contributed by atoms with van der Waals surface area (Å²) in [4.78, 5) is 35.7. The average Bonchev–Trinajstić information content (AvgIpc) is 3.20. The minimum Gasteiger partial charge on any atom is -0.326 e. The molecule has 6 nitrogen and oxygen atoms in total. The Hall–Kier alpha value is -2.71. The zero-order valence-corrected chi connectivity index (χ0v) is 17.9. The van der Waals surface area contributed by atoms with E-state index in [1.807, 2.05) is 56.3 Å². The maximum Gasteiger partial charge on any atom is 0.242 e. The highest BCUT2D eigenvalue weighted by atomic mass is 32.2. The zero-order chi connectivity index (χ0) is 20.5. The van der Waals surface area contributed by atoms with Crippen LogP contribution in [0.15, 0.2) is 47.5 Å². The summed E-state index contributed by atoms with van der Waals surface area (Å²) in [5, 5.41) is 3.59. The molecule has 1 unspecified atom stereocenters. The number of carbonyl (C=O) groups excluding carboxylic acids is 2. The van der Waals surface area contributed by atoms with Crippen molar-refractivity contribution in [3.05, 3.63) is 53.6 Å². The van der Waals surface area contributed by atoms with Gasteiger partial charge in [0.05, 0.1) is 10.2 Å². The first-order valence-electron chi connectivity index (χ1n) is 9.16. The van der Waals surface area contributed by atoms with Crippen LogP contribution in [0.3, 0.4) is 0 Å². The van der Waals surface area contributed by atoms with Crippen LogP contribution in [0.2, 0.25) is 0 Å². The highest BCUT2D eigenvalue weighted by Crippen LogP contribution is 2.33. The maximum atomic E-state index is 12.6. The Bertz CT molecular complexity index is 1110. The molecule has 2 aromatic carbocycles. The molecule has 2 amide bonds. The number of thioether (sulfide) groups is 1. The lowest BCUT2D eigenvalue weighted by Gasteiger charge is -2.11. The Morgan fingerprint density at radius 2 is 2.03 bits per heavy atom. The van der Waals surface area contributed by atoms with E-state index in [1.54, 1.807) is 7.05 Å². The van der Waals surface area contributed by atoms with Crippen LogP contribution in [0, 0.1) is 13.8 Å². The molecule has 0 bridgehead atoms. The second-order valence-electron chi connectivity index (χ2n) is 6.93. The molecular weight excluding hydrogens is 404 g/mol. The van der Waals surface area contributed by atoms with Gasteiger partial charge >= 0.3 is 0 Å². The van der Waals surface area contributed by atoms with E-state index in [0.717, 1.165) is 27.0 Å². The predicted octanol–water partition coefficient (Wildman–Crippen LogP) is 4.50. The molecule has 0 saturated carbocycles. The number of para-hydroxylation sites is 1. The minimum absolute atomic E-state index is 0.0972. The van der Waals surface area contributed by atoms with Gasteiger partial charge in [-0.1, -0.05) is 52.9 Å². The predicted molar refractivity (Wildman–Crippen MR) is 120 cm³/mol. The van der Waals surface area contributed by atoms with E-state index in [1.165, 1.54) is 28.0 Å². The number of aryl methyl sites for hydroxylation is 2. The molecule has 1 aliphatic rings. The van der Waals surface area contributed by atoms with Gasteiger partial charge in [-0.25, -0.2) is 4.98 Å². The van der Waals surface area contributed by atoms with E-state index in [9.17, 15) is 9.59 Å². The molecule has 0 radical (unpaired) electrons. The van der Waals surface area contributed by atoms with Crippen LogP contribution in [-0.4, -0.2) is 39.2 Å². The summed E-state index contributed by atoms with van der Waals surface area (Å²) in [6.07, 6.45) is 0.0972. The SMILES string of the molecule is Cc1ccc(NC(=O)CC2S/C(=N\c3nc4ccccc4s3)N(C)C2=O)c(C)c1. The summed E-state index contributed by atoms with van der Waals surface area (Å²) in [7, 11) is 1.68. The monoisotopic (exact) mass is 424 g/mol. The van der Waals surface area contributed by atoms with Gasteiger partial charge in [0.15, 0.2) is 5.17 Å². The molecule has 29 heavy (non-hydrogen) atoms. The van der Waals surface area contributed by atoms with Crippen LogP contribution in [-0.2, 0) is 9.59 Å². The Balaban J connectivity index is 1.46. The molecule has 1 aromatic heterocycles. The average molecular weight is 425 g/mol. The van der Waals surface area contributed by atoms with E-state index >= 15 is 0 Å². The summed E-state index contributed by atoms with van der Waals surface area (Å²) in [5.41, 5.74) is 3.80. The largest absolute Gasteiger partial charge is 0.326 e. The zero-order valence-electron chi connectivity index (χ0n) is 16.3. The van der Waals surface area contributed by atoms with Crippen molar-refractivity contribution in [1.29, 1.82) is 0 Å². The fraction of sp³-hybridized carbons (Fsp3) is 0.238. The maximum absolute atomic E-state index is 12.6. The molecule has 0 aliphatic carbocycles. The number of fused-ring (bicyclic) bond motifs is 1. The second kappa shape index (κ2) is 7.96. The van der Waals surface area contributed by atoms with Gasteiger partial charge in [-0.3, -0.25) is 14.5 Å². The van der Waals surface area contributed by atoms with E-state index in [4.69, 9.17) is 0 Å². The number of nitrogens with one attached hydrogen (secondary N) is 1. The first-order valence-corrected chi connectivity index (χ1v) is 10.9. The van der Waals surface area contributed by atoms with Gasteiger partial charge in [-0.15, -0.1) is 0 Å². The number of rotatable bonds is 4. The van der Waals surface area contributed by atoms with Crippen molar-refractivity contribution in [3.8, 4) is 0 Å². The quantitative estimate of drug-likeness (QED) is 0.669. The number of benzene rings is 2. The molecular formula is C21H20N4O2S2. The van der Waals surface area contributed by atoms with E-state index in [2.05, 4.69) is 15.3 Å². The Kier molecular flexibility index (Phi) is 5.38. The van der Waals surface area contributed by atoms with Gasteiger partial charge in [-0.2, -0.15) is 4.99 Å². The van der Waals surface area contributed by atoms with Gasteiger partial charge in [0.1, 0.15) is 5.25 Å². The molecule has 1 aliphatic heterocycles. The third kappa shape index (κ3) is 4.18. The third-order valence-electron chi connectivity index (χ3n) is 4.64. The minimum atomic E-state index is -0.487. The fourth-order valence-corrected chi connectivity index (χ4v) is 5.14. The number of anilines is 1. The Morgan fingerprint density at radius 3 is 2.79 bits per heavy atom. The highest BCUT2D eigenvalue weighted by molar-refractivity contribution is 8.15. The molecule has 3 aromatic rings. The van der Waals surface area contributed by atoms with Crippen molar-refractivity contribution in [1.82, 2.24) is 9.88 Å². The smallest absolute Gasteiger partial charge is 0.242 e. The number of hydrogen-bond acceptors (Lipinski definition) is 6. The Morgan fingerprint density at radius 1 is 1.24 bits per heavy atom. The van der Waals surface area contributed by atoms with Crippen LogP contribution in [0.25, 0.3) is 10.2 Å². The number of nitrogens with zero attached hydrogens (tertiary/aromatic N) is 3. The summed E-state index contributed by atoms with van der Waals surface area (Å²) >= 11 is 2.79. The first-order chi connectivity index (χ1) is 13.9. The molecule has 1 atom stereocenters. The van der Waals surface area contributed by atoms with Crippen LogP contribution >= 0.6 is 23.1 Å². The number of thiazole rings is 1. The summed E-state index contributed by atoms with van der Waals surface area (Å²) in [6.45, 7) is 3.96. The molecule has 0 spiro atoms. The van der Waals surface area contributed by atoms with Gasteiger partial charge < -0.3 is 5.32 Å². The molecule has 4 rings (SSSR count). The van der Waals surface area contributed by atoms with E-state index in [-0.39, 0.29) is 18.2 Å². The fourth-order valence-electron chi connectivity index (χ4n) is 3.11. The summed E-state index contributed by atoms with van der Waals surface area (Å²) < 4.78 is 1.05. The number of carbonyl (C=O) groups is 2. The van der Waals surface area contributed by atoms with E-state index in [0.29, 0.717) is 10.3 Å². The lowest BCUT2D eigenvalue weighted by atomic mass is 10.1. The Labute approximate surface area is 177 Å². The van der Waals surface area contributed by atoms with Crippen molar-refractivity contribution in [3.63, 3.8) is 0 Å². The van der Waals surface area contributed by atoms with Crippen molar-refractivity contribution in [2.75, 3.05) is 12.4 Å². The number of aromatic nitrogens is 1. The van der Waals surface area contributed by atoms with Crippen LogP contribution in [0.4, 0.5) is 10.8 Å². The van der Waals surface area contributed by atoms with Crippen molar-refractivity contribution in [2.45, 2.75) is 25.5 Å². The summed E-state index contributed by atoms with van der Waals surface area (Å²) in [6, 6.07) is 13.7. The molecule has 1 saturated heterocycles. The lowest BCUT2D eigenvalue weighted by Crippen LogP contribution is -2.30. The molecule has 2 heterocycles. The van der Waals surface area contributed by atoms with Crippen LogP contribution in [0.5, 0.6) is 0 Å². The second-order valence-corrected chi connectivity index (χ2v) is 9.11. The first kappa shape index (κ1) is 19.6. The van der Waals surface area contributed by atoms with E-state index < -0.39 is 5.25 Å². The van der Waals surface area contributed by atoms with Crippen molar-refractivity contribution in [2.24, 2.45) is 4.99 Å². The lowest BCUT2D eigenvalue weighted by molar-refractivity contribution is -0.127. The number of amides is 2. The molecule has 1 N–H and O–H groups in total. The third-order valence-corrected chi connectivity index (χ3v) is 6.80. The van der Waals surface area contributed by atoms with Gasteiger partial charge in [0.2, 0.25) is 16.9 Å². The molecule has 148 valence electrons. The summed E-state index contributed by atoms with van der Waals surface area (Å²) in [5.74, 6) is -0.303. The molecule has 8 heteroatoms. The van der Waals surface area contributed by atoms with Gasteiger partial charge in [0.25, 0.3) is 0 Å². The normalized spacial score (nSPS) is 18.0. The van der Waals surface area contributed by atoms with Gasteiger partial charge in [-0.05, 0) is 37.6 Å². The van der Waals surface area contributed by atoms with Crippen LogP contribution in [0.1, 0.15) is 17.5 Å². The van der Waals surface area contributed by atoms with Crippen LogP contribution < -0.4 is 5.32 Å². The standard InChI is InChI=1S/C21H20N4O2S2/c1-12-8-9-14(13(2)10-12)22-18(26)11-17-19(27)25(3)21(29-17)24-20-23-15-6-4-5-7-16(15)28-20/h4-10,17H,11H2,1-3H3,(H,22,26)/b24-21-. The van der Waals surface area contributed by atoms with Gasteiger partial charge in [0, 0.05) is 19.2 Å². The number of amidine groups is 1. The topological polar surface area (TPSA) is 74.7 Å². The number of aliphatic imine (C=N–C) groups is 1. The van der Waals surface area contributed by atoms with Crippen molar-refractivity contribution < 1.29 is 9.59 Å². The van der Waals surface area contributed by atoms with Crippen molar-refractivity contribution >= 4 is 61.1 Å². The number of hydrogen-bond donors (Lipinski definition) is 1. The highest BCUT2D eigenvalue weighted by Gasteiger charge is 2.37.